The first-order valence-corrected chi connectivity index (χ1v) is 5.46. The lowest BCUT2D eigenvalue weighted by Crippen LogP contribution is -2.33. The van der Waals surface area contributed by atoms with E-state index >= 15 is 0 Å². The molecule has 1 unspecified atom stereocenters. The van der Waals surface area contributed by atoms with Gasteiger partial charge in [0, 0.05) is 18.7 Å². The van der Waals surface area contributed by atoms with Gasteiger partial charge in [0.1, 0.15) is 5.75 Å². The van der Waals surface area contributed by atoms with E-state index in [2.05, 4.69) is 11.4 Å². The van der Waals surface area contributed by atoms with E-state index in [-0.39, 0.29) is 6.10 Å². The number of nitrogens with one attached hydrogen (secondary N) is 1. The van der Waals surface area contributed by atoms with Crippen molar-refractivity contribution in [2.75, 3.05) is 26.3 Å². The zero-order valence-corrected chi connectivity index (χ0v) is 9.03. The van der Waals surface area contributed by atoms with Gasteiger partial charge in [-0.1, -0.05) is 18.2 Å². The number of hydrogen-bond acceptors (Lipinski definition) is 3. The van der Waals surface area contributed by atoms with Crippen molar-refractivity contribution in [1.82, 2.24) is 5.32 Å². The fourth-order valence-electron chi connectivity index (χ4n) is 1.80. The van der Waals surface area contributed by atoms with Crippen LogP contribution in [0.25, 0.3) is 0 Å². The van der Waals surface area contributed by atoms with Crippen molar-refractivity contribution in [3.8, 4) is 5.75 Å². The molecule has 0 spiro atoms. The molecule has 0 amide bonds. The number of ether oxygens (including phenoxy) is 2. The molecular weight excluding hydrogens is 190 g/mol. The number of benzene rings is 1. The Kier molecular flexibility index (Phi) is 3.59. The van der Waals surface area contributed by atoms with E-state index in [1.165, 1.54) is 0 Å². The summed E-state index contributed by atoms with van der Waals surface area (Å²) in [6.07, 6.45) is 0.126. The van der Waals surface area contributed by atoms with Crippen LogP contribution in [-0.2, 0) is 4.74 Å². The minimum absolute atomic E-state index is 0.126. The highest BCUT2D eigenvalue weighted by Gasteiger charge is 2.18. The molecule has 1 N–H and O–H groups in total. The first kappa shape index (κ1) is 10.5. The fourth-order valence-corrected chi connectivity index (χ4v) is 1.80. The molecule has 1 fully saturated rings. The Morgan fingerprint density at radius 2 is 2.33 bits per heavy atom. The topological polar surface area (TPSA) is 30.5 Å². The van der Waals surface area contributed by atoms with Gasteiger partial charge in [0.25, 0.3) is 0 Å². The first-order chi connectivity index (χ1) is 7.42. The SMILES string of the molecule is CCOc1ccccc1C1CNCCO1. The molecule has 3 heteroatoms. The highest BCUT2D eigenvalue weighted by Crippen LogP contribution is 2.28. The van der Waals surface area contributed by atoms with Gasteiger partial charge >= 0.3 is 0 Å². The van der Waals surface area contributed by atoms with E-state index in [4.69, 9.17) is 9.47 Å². The van der Waals surface area contributed by atoms with Crippen molar-refractivity contribution < 1.29 is 9.47 Å². The van der Waals surface area contributed by atoms with Crippen LogP contribution in [0.3, 0.4) is 0 Å². The molecule has 15 heavy (non-hydrogen) atoms. The van der Waals surface area contributed by atoms with Crippen LogP contribution in [0.15, 0.2) is 24.3 Å². The highest BCUT2D eigenvalue weighted by molar-refractivity contribution is 5.35. The van der Waals surface area contributed by atoms with Gasteiger partial charge in [-0.25, -0.2) is 0 Å². The summed E-state index contributed by atoms with van der Waals surface area (Å²) in [6, 6.07) is 8.08. The summed E-state index contributed by atoms with van der Waals surface area (Å²) in [5.41, 5.74) is 1.14. The summed E-state index contributed by atoms with van der Waals surface area (Å²) in [6.45, 7) is 5.26. The third kappa shape index (κ3) is 2.49. The Morgan fingerprint density at radius 1 is 1.47 bits per heavy atom. The predicted octanol–water partition coefficient (Wildman–Crippen LogP) is 1.75. The van der Waals surface area contributed by atoms with Gasteiger partial charge < -0.3 is 14.8 Å². The molecule has 3 nitrogen and oxygen atoms in total. The lowest BCUT2D eigenvalue weighted by atomic mass is 10.1. The van der Waals surface area contributed by atoms with Crippen molar-refractivity contribution in [2.24, 2.45) is 0 Å². The minimum atomic E-state index is 0.126. The molecule has 1 heterocycles. The second-order valence-electron chi connectivity index (χ2n) is 3.53. The van der Waals surface area contributed by atoms with Crippen LogP contribution < -0.4 is 10.1 Å². The summed E-state index contributed by atoms with van der Waals surface area (Å²) in [7, 11) is 0. The number of morpholine rings is 1. The van der Waals surface area contributed by atoms with Crippen LogP contribution in [-0.4, -0.2) is 26.3 Å². The fraction of sp³-hybridized carbons (Fsp3) is 0.500. The molecule has 0 aromatic heterocycles. The molecule has 2 rings (SSSR count). The van der Waals surface area contributed by atoms with Crippen molar-refractivity contribution in [1.29, 1.82) is 0 Å². The number of para-hydroxylation sites is 1. The average molecular weight is 207 g/mol. The Balaban J connectivity index is 2.17. The number of rotatable bonds is 3. The Labute approximate surface area is 90.4 Å². The van der Waals surface area contributed by atoms with Gasteiger partial charge in [0.15, 0.2) is 0 Å². The molecule has 1 aromatic carbocycles. The second kappa shape index (κ2) is 5.14. The molecule has 1 saturated heterocycles. The molecule has 1 aliphatic heterocycles. The molecule has 82 valence electrons. The molecule has 1 aromatic rings. The Bertz CT molecular complexity index is 308. The van der Waals surface area contributed by atoms with Gasteiger partial charge in [0.2, 0.25) is 0 Å². The van der Waals surface area contributed by atoms with Gasteiger partial charge in [-0.15, -0.1) is 0 Å². The van der Waals surface area contributed by atoms with Gasteiger partial charge in [-0.2, -0.15) is 0 Å². The van der Waals surface area contributed by atoms with E-state index in [1.54, 1.807) is 0 Å². The molecule has 0 aliphatic carbocycles. The molecule has 0 saturated carbocycles. The summed E-state index contributed by atoms with van der Waals surface area (Å²) >= 11 is 0. The quantitative estimate of drug-likeness (QED) is 0.819. The van der Waals surface area contributed by atoms with Crippen molar-refractivity contribution in [3.05, 3.63) is 29.8 Å². The van der Waals surface area contributed by atoms with E-state index < -0.39 is 0 Å². The highest BCUT2D eigenvalue weighted by atomic mass is 16.5. The van der Waals surface area contributed by atoms with Crippen LogP contribution in [0.4, 0.5) is 0 Å². The lowest BCUT2D eigenvalue weighted by Gasteiger charge is -2.25. The zero-order valence-electron chi connectivity index (χ0n) is 9.03. The predicted molar refractivity (Wildman–Crippen MR) is 59.2 cm³/mol. The maximum absolute atomic E-state index is 5.71. The van der Waals surface area contributed by atoms with Crippen LogP contribution in [0, 0.1) is 0 Å². The van der Waals surface area contributed by atoms with Crippen molar-refractivity contribution in [2.45, 2.75) is 13.0 Å². The number of hydrogen-bond donors (Lipinski definition) is 1. The monoisotopic (exact) mass is 207 g/mol. The maximum Gasteiger partial charge on any atom is 0.125 e. The summed E-state index contributed by atoms with van der Waals surface area (Å²) in [5, 5.41) is 3.32. The first-order valence-electron chi connectivity index (χ1n) is 5.46. The summed E-state index contributed by atoms with van der Waals surface area (Å²) in [4.78, 5) is 0. The summed E-state index contributed by atoms with van der Waals surface area (Å²) < 4.78 is 11.3. The Morgan fingerprint density at radius 3 is 3.07 bits per heavy atom. The molecule has 1 atom stereocenters. The van der Waals surface area contributed by atoms with Crippen molar-refractivity contribution in [3.63, 3.8) is 0 Å². The van der Waals surface area contributed by atoms with Crippen LogP contribution in [0.2, 0.25) is 0 Å². The Hall–Kier alpha value is -1.06. The molecule has 1 aliphatic rings. The minimum Gasteiger partial charge on any atom is -0.493 e. The van der Waals surface area contributed by atoms with E-state index in [9.17, 15) is 0 Å². The van der Waals surface area contributed by atoms with Gasteiger partial charge in [-0.3, -0.25) is 0 Å². The lowest BCUT2D eigenvalue weighted by molar-refractivity contribution is 0.0260. The van der Waals surface area contributed by atoms with E-state index in [0.717, 1.165) is 31.0 Å². The maximum atomic E-state index is 5.71. The van der Waals surface area contributed by atoms with Crippen LogP contribution in [0.5, 0.6) is 5.75 Å². The van der Waals surface area contributed by atoms with Crippen molar-refractivity contribution >= 4 is 0 Å². The third-order valence-electron chi connectivity index (χ3n) is 2.49. The molecule has 0 radical (unpaired) electrons. The van der Waals surface area contributed by atoms with Gasteiger partial charge in [-0.05, 0) is 13.0 Å². The third-order valence-corrected chi connectivity index (χ3v) is 2.49. The molecular formula is C12H17NO2. The molecule has 0 bridgehead atoms. The van der Waals surface area contributed by atoms with Crippen LogP contribution >= 0.6 is 0 Å². The summed E-state index contributed by atoms with van der Waals surface area (Å²) in [5.74, 6) is 0.939. The van der Waals surface area contributed by atoms with Gasteiger partial charge in [0.05, 0.1) is 19.3 Å². The smallest absolute Gasteiger partial charge is 0.125 e. The average Bonchev–Trinajstić information content (AvgIpc) is 2.31. The van der Waals surface area contributed by atoms with E-state index in [1.807, 2.05) is 25.1 Å². The van der Waals surface area contributed by atoms with E-state index in [0.29, 0.717) is 6.61 Å². The largest absolute Gasteiger partial charge is 0.493 e. The zero-order chi connectivity index (χ0) is 10.5. The standard InChI is InChI=1S/C12H17NO2/c1-2-14-11-6-4-3-5-10(11)12-9-13-7-8-15-12/h3-6,12-13H,2,7-9H2,1H3. The normalized spacial score (nSPS) is 21.3. The second-order valence-corrected chi connectivity index (χ2v) is 3.53. The van der Waals surface area contributed by atoms with Crippen LogP contribution in [0.1, 0.15) is 18.6 Å².